The van der Waals surface area contributed by atoms with Gasteiger partial charge in [0.1, 0.15) is 6.54 Å². The average Bonchev–Trinajstić information content (AvgIpc) is 3.59. The van der Waals surface area contributed by atoms with Crippen molar-refractivity contribution >= 4 is 28.8 Å². The Balaban J connectivity index is 0.000000179. The molecule has 10 nitrogen and oxygen atoms in total. The number of urea groups is 1. The van der Waals surface area contributed by atoms with Crippen molar-refractivity contribution in [1.82, 2.24) is 20.1 Å². The first-order valence-corrected chi connectivity index (χ1v) is 15.4. The highest BCUT2D eigenvalue weighted by Gasteiger charge is 2.49. The number of carbonyl (C=O) groups is 3. The van der Waals surface area contributed by atoms with Gasteiger partial charge in [-0.15, -0.1) is 6.58 Å². The fourth-order valence-electron chi connectivity index (χ4n) is 7.22. The van der Waals surface area contributed by atoms with Gasteiger partial charge < -0.3 is 25.5 Å². The van der Waals surface area contributed by atoms with Crippen LogP contribution in [-0.2, 0) is 27.3 Å². The number of fused-ring (bicyclic) bond motifs is 6. The number of H-pyrrole nitrogens is 1. The number of aromatic amines is 1. The molecule has 2 aromatic carbocycles. The van der Waals surface area contributed by atoms with Gasteiger partial charge in [-0.25, -0.2) is 4.79 Å². The molecule has 1 saturated carbocycles. The van der Waals surface area contributed by atoms with Gasteiger partial charge in [0.2, 0.25) is 5.91 Å². The Morgan fingerprint density at radius 1 is 1.14 bits per heavy atom. The molecule has 0 spiro atoms. The number of carbonyl (C=O) groups excluding carboxylic acids is 3. The summed E-state index contributed by atoms with van der Waals surface area (Å²) in [7, 11) is 1.43. The summed E-state index contributed by atoms with van der Waals surface area (Å²) in [5.74, 6) is -0.176. The molecule has 44 heavy (non-hydrogen) atoms. The molecule has 3 amide bonds. The van der Waals surface area contributed by atoms with Gasteiger partial charge in [0.25, 0.3) is 0 Å². The highest BCUT2D eigenvalue weighted by molar-refractivity contribution is 6.01. The molecular weight excluding hydrogens is 558 g/mol. The SMILES string of the molecule is C=CCN.COC(=O)[C@@H]1[C@H]2C[C@H]3c4[nH]c5ccccc5c4CCN3C[C@@H]2CC[C@@H]1O.O=C1CN(Cc2ccccc2)C(=O)N1. The van der Waals surface area contributed by atoms with E-state index in [-0.39, 0.29) is 36.3 Å². The third-order valence-corrected chi connectivity index (χ3v) is 9.27. The van der Waals surface area contributed by atoms with Crippen LogP contribution in [0, 0.1) is 17.8 Å². The Morgan fingerprint density at radius 3 is 2.55 bits per heavy atom. The Hall–Kier alpha value is -3.99. The van der Waals surface area contributed by atoms with Crippen molar-refractivity contribution in [3.05, 3.63) is 84.1 Å². The van der Waals surface area contributed by atoms with Crippen molar-refractivity contribution in [3.8, 4) is 0 Å². The van der Waals surface area contributed by atoms with Crippen LogP contribution in [0.1, 0.15) is 42.1 Å². The van der Waals surface area contributed by atoms with Crippen LogP contribution in [-0.4, -0.2) is 77.2 Å². The van der Waals surface area contributed by atoms with Gasteiger partial charge in [-0.1, -0.05) is 54.6 Å². The van der Waals surface area contributed by atoms with Gasteiger partial charge in [0, 0.05) is 42.8 Å². The van der Waals surface area contributed by atoms with Gasteiger partial charge in [0.15, 0.2) is 0 Å². The molecule has 10 heteroatoms. The molecule has 3 aromatic rings. The number of aromatic nitrogens is 1. The smallest absolute Gasteiger partial charge is 0.324 e. The average molecular weight is 602 g/mol. The van der Waals surface area contributed by atoms with Gasteiger partial charge in [-0.2, -0.15) is 0 Å². The van der Waals surface area contributed by atoms with Gasteiger partial charge in [-0.3, -0.25) is 19.8 Å². The second kappa shape index (κ2) is 14.2. The minimum absolute atomic E-state index is 0.160. The number of nitrogens with zero attached hydrogens (tertiary/aromatic N) is 2. The van der Waals surface area contributed by atoms with E-state index in [0.29, 0.717) is 31.5 Å². The molecular formula is C34H43N5O5. The lowest BCUT2D eigenvalue weighted by Gasteiger charge is -2.50. The molecule has 1 aromatic heterocycles. The zero-order valence-electron chi connectivity index (χ0n) is 25.3. The van der Waals surface area contributed by atoms with Crippen LogP contribution in [0.15, 0.2) is 67.3 Å². The number of hydrogen-bond acceptors (Lipinski definition) is 7. The minimum atomic E-state index is -0.568. The number of rotatable bonds is 4. The van der Waals surface area contributed by atoms with Crippen LogP contribution < -0.4 is 11.1 Å². The molecule has 234 valence electrons. The number of aliphatic hydroxyl groups is 1. The van der Waals surface area contributed by atoms with Gasteiger partial charge in [0.05, 0.1) is 25.2 Å². The Bertz CT molecular complexity index is 1470. The highest BCUT2D eigenvalue weighted by atomic mass is 16.5. The number of para-hydroxylation sites is 1. The third kappa shape index (κ3) is 6.72. The quantitative estimate of drug-likeness (QED) is 0.204. The molecule has 0 bridgehead atoms. The predicted molar refractivity (Wildman–Crippen MR) is 168 cm³/mol. The summed E-state index contributed by atoms with van der Waals surface area (Å²) in [6.45, 7) is 6.68. The molecule has 7 rings (SSSR count). The summed E-state index contributed by atoms with van der Waals surface area (Å²) < 4.78 is 5.04. The third-order valence-electron chi connectivity index (χ3n) is 9.27. The number of piperidine rings is 1. The van der Waals surface area contributed by atoms with Crippen molar-refractivity contribution in [3.63, 3.8) is 0 Å². The van der Waals surface area contributed by atoms with Crippen molar-refractivity contribution in [1.29, 1.82) is 0 Å². The standard InChI is InChI=1S/C21H26N2O3.C10H10N2O2.C3H7N/c1-26-21(25)19-15-10-17-20-14(13-4-2-3-5-16(13)22-20)8-9-23(17)11-12(15)6-7-18(19)24;13-9-7-12(10(14)11-9)6-8-4-2-1-3-5-8;1-2-3-4/h2-5,12,15,17-19,22,24H,6-11H2,1H3;1-5H,6-7H2,(H,11,13,14);2H,1,3-4H2/t12-,15-,17-,18-,19+;;/m0../s1. The number of imide groups is 1. The van der Waals surface area contributed by atoms with E-state index in [2.05, 4.69) is 46.0 Å². The van der Waals surface area contributed by atoms with Crippen molar-refractivity contribution < 1.29 is 24.2 Å². The predicted octanol–water partition coefficient (Wildman–Crippen LogP) is 3.52. The van der Waals surface area contributed by atoms with E-state index in [1.54, 1.807) is 6.08 Å². The van der Waals surface area contributed by atoms with Crippen LogP contribution in [0.4, 0.5) is 4.79 Å². The summed E-state index contributed by atoms with van der Waals surface area (Å²) in [4.78, 5) is 42.2. The normalized spacial score (nSPS) is 25.7. The van der Waals surface area contributed by atoms with Crippen LogP contribution in [0.2, 0.25) is 0 Å². The van der Waals surface area contributed by atoms with Crippen LogP contribution in [0.3, 0.4) is 0 Å². The van der Waals surface area contributed by atoms with Gasteiger partial charge in [-0.05, 0) is 54.7 Å². The molecule has 3 aliphatic heterocycles. The van der Waals surface area contributed by atoms with Gasteiger partial charge >= 0.3 is 12.0 Å². The maximum atomic E-state index is 12.4. The molecule has 0 radical (unpaired) electrons. The summed E-state index contributed by atoms with van der Waals surface area (Å²) in [5, 5.41) is 14.1. The summed E-state index contributed by atoms with van der Waals surface area (Å²) >= 11 is 0. The topological polar surface area (TPSA) is 141 Å². The van der Waals surface area contributed by atoms with Crippen LogP contribution in [0.5, 0.6) is 0 Å². The maximum Gasteiger partial charge on any atom is 0.324 e. The van der Waals surface area contributed by atoms with E-state index in [1.807, 2.05) is 30.3 Å². The number of nitrogens with one attached hydrogen (secondary N) is 2. The van der Waals surface area contributed by atoms with E-state index >= 15 is 0 Å². The fourth-order valence-corrected chi connectivity index (χ4v) is 7.22. The second-order valence-electron chi connectivity index (χ2n) is 11.9. The monoisotopic (exact) mass is 601 g/mol. The number of methoxy groups -OCH3 is 1. The molecule has 5 atom stereocenters. The number of amides is 3. The maximum absolute atomic E-state index is 12.4. The van der Waals surface area contributed by atoms with E-state index in [0.717, 1.165) is 37.9 Å². The number of ether oxygens (including phenoxy) is 1. The number of hydrogen-bond donors (Lipinski definition) is 4. The fraction of sp³-hybridized carbons (Fsp3) is 0.441. The molecule has 2 saturated heterocycles. The van der Waals surface area contributed by atoms with Crippen LogP contribution >= 0.6 is 0 Å². The molecule has 5 N–H and O–H groups in total. The van der Waals surface area contributed by atoms with Crippen molar-refractivity contribution in [2.24, 2.45) is 23.5 Å². The largest absolute Gasteiger partial charge is 0.469 e. The first-order chi connectivity index (χ1) is 21.3. The number of nitrogens with two attached hydrogens (primary N) is 1. The van der Waals surface area contributed by atoms with E-state index in [1.165, 1.54) is 34.2 Å². The Labute approximate surface area is 258 Å². The van der Waals surface area contributed by atoms with E-state index in [9.17, 15) is 19.5 Å². The lowest BCUT2D eigenvalue weighted by Crippen LogP contribution is -2.53. The van der Waals surface area contributed by atoms with Crippen molar-refractivity contribution in [2.75, 3.05) is 33.3 Å². The Kier molecular flexibility index (Phi) is 10.1. The molecule has 1 aliphatic carbocycles. The lowest BCUT2D eigenvalue weighted by atomic mass is 9.65. The molecule has 3 fully saturated rings. The van der Waals surface area contributed by atoms with E-state index in [4.69, 9.17) is 10.5 Å². The number of benzene rings is 2. The summed E-state index contributed by atoms with van der Waals surface area (Å²) in [5.41, 5.74) is 9.89. The lowest BCUT2D eigenvalue weighted by molar-refractivity contribution is -0.160. The molecule has 4 heterocycles. The summed E-state index contributed by atoms with van der Waals surface area (Å²) in [6.07, 6.45) is 4.79. The first kappa shape index (κ1) is 31.4. The van der Waals surface area contributed by atoms with E-state index < -0.39 is 6.10 Å². The first-order valence-electron chi connectivity index (χ1n) is 15.4. The molecule has 0 unspecified atom stereocenters. The summed E-state index contributed by atoms with van der Waals surface area (Å²) in [6, 6.07) is 18.1. The number of aliphatic hydroxyl groups excluding tert-OH is 1. The van der Waals surface area contributed by atoms with Crippen LogP contribution in [0.25, 0.3) is 10.9 Å². The number of esters is 1. The molecule has 4 aliphatic rings. The second-order valence-corrected chi connectivity index (χ2v) is 11.9. The minimum Gasteiger partial charge on any atom is -0.469 e. The highest BCUT2D eigenvalue weighted by Crippen LogP contribution is 2.49. The van der Waals surface area contributed by atoms with Crippen molar-refractivity contribution in [2.45, 2.75) is 44.4 Å². The zero-order chi connectivity index (χ0) is 31.2. The Morgan fingerprint density at radius 2 is 1.86 bits per heavy atom. The zero-order valence-corrected chi connectivity index (χ0v) is 25.3.